The topological polar surface area (TPSA) is 99.8 Å². The van der Waals surface area contributed by atoms with E-state index in [1.807, 2.05) is 6.92 Å². The molecule has 2 atom stereocenters. The molecule has 8 nitrogen and oxygen atoms in total. The quantitative estimate of drug-likeness (QED) is 0.886. The summed E-state index contributed by atoms with van der Waals surface area (Å²) in [5.74, 6) is 1.98. The number of aryl methyl sites for hydroxylation is 1. The Morgan fingerprint density at radius 3 is 2.83 bits per heavy atom. The second-order valence-electron chi connectivity index (χ2n) is 6.36. The Kier molecular flexibility index (Phi) is 3.41. The van der Waals surface area contributed by atoms with Gasteiger partial charge in [0.15, 0.2) is 5.82 Å². The first-order chi connectivity index (χ1) is 11.2. The van der Waals surface area contributed by atoms with E-state index in [2.05, 4.69) is 25.4 Å². The van der Waals surface area contributed by atoms with E-state index < -0.39 is 0 Å². The monoisotopic (exact) mass is 316 g/mol. The molecular formula is C15H20N6O2. The molecular weight excluding hydrogens is 296 g/mol. The van der Waals surface area contributed by atoms with Gasteiger partial charge in [-0.3, -0.25) is 15.0 Å². The number of likely N-dealkylation sites (tertiary alicyclic amines) is 1. The van der Waals surface area contributed by atoms with Gasteiger partial charge in [0.25, 0.3) is 5.91 Å². The van der Waals surface area contributed by atoms with Gasteiger partial charge in [0.05, 0.1) is 12.1 Å². The molecule has 4 rings (SSSR count). The minimum Gasteiger partial charge on any atom is -0.380 e. The highest BCUT2D eigenvalue weighted by Gasteiger charge is 2.40. The van der Waals surface area contributed by atoms with Crippen molar-refractivity contribution in [3.8, 4) is 0 Å². The molecule has 0 unspecified atom stereocenters. The minimum absolute atomic E-state index is 0.00142. The van der Waals surface area contributed by atoms with E-state index in [4.69, 9.17) is 4.74 Å². The van der Waals surface area contributed by atoms with Crippen LogP contribution in [0.15, 0.2) is 6.07 Å². The van der Waals surface area contributed by atoms with Crippen molar-refractivity contribution < 1.29 is 9.53 Å². The fourth-order valence-corrected chi connectivity index (χ4v) is 3.09. The molecule has 0 bridgehead atoms. The normalized spacial score (nSPS) is 24.3. The van der Waals surface area contributed by atoms with Gasteiger partial charge in [-0.25, -0.2) is 4.98 Å². The average Bonchev–Trinajstić information content (AvgIpc) is 2.99. The molecule has 122 valence electrons. The summed E-state index contributed by atoms with van der Waals surface area (Å²) in [4.78, 5) is 19.2. The zero-order chi connectivity index (χ0) is 16.0. The number of methoxy groups -OCH3 is 1. The van der Waals surface area contributed by atoms with Crippen LogP contribution in [-0.4, -0.2) is 55.9 Å². The van der Waals surface area contributed by atoms with E-state index in [0.717, 1.165) is 30.2 Å². The van der Waals surface area contributed by atoms with Crippen LogP contribution in [0.1, 0.15) is 59.1 Å². The first-order valence-corrected chi connectivity index (χ1v) is 7.93. The van der Waals surface area contributed by atoms with Crippen LogP contribution in [0.4, 0.5) is 0 Å². The van der Waals surface area contributed by atoms with Crippen LogP contribution in [0.5, 0.6) is 0 Å². The highest BCUT2D eigenvalue weighted by atomic mass is 16.5. The van der Waals surface area contributed by atoms with Crippen molar-refractivity contribution in [3.63, 3.8) is 0 Å². The highest BCUT2D eigenvalue weighted by molar-refractivity contribution is 5.92. The van der Waals surface area contributed by atoms with Gasteiger partial charge in [0, 0.05) is 31.7 Å². The van der Waals surface area contributed by atoms with Crippen LogP contribution in [0.25, 0.3) is 0 Å². The van der Waals surface area contributed by atoms with Crippen molar-refractivity contribution in [1.82, 2.24) is 30.3 Å². The van der Waals surface area contributed by atoms with Crippen molar-refractivity contribution in [2.45, 2.75) is 44.2 Å². The van der Waals surface area contributed by atoms with Gasteiger partial charge in [0.2, 0.25) is 0 Å². The number of ether oxygens (including phenoxy) is 1. The number of hydrogen-bond donors (Lipinski definition) is 2. The fraction of sp³-hybridized carbons (Fsp3) is 0.600. The molecule has 2 fully saturated rings. The van der Waals surface area contributed by atoms with E-state index in [9.17, 15) is 4.79 Å². The van der Waals surface area contributed by atoms with E-state index in [1.165, 1.54) is 0 Å². The predicted octanol–water partition coefficient (Wildman–Crippen LogP) is 1.32. The Hall–Kier alpha value is -2.22. The zero-order valence-corrected chi connectivity index (χ0v) is 13.2. The van der Waals surface area contributed by atoms with Crippen molar-refractivity contribution in [1.29, 1.82) is 0 Å². The molecule has 1 aliphatic heterocycles. The summed E-state index contributed by atoms with van der Waals surface area (Å²) >= 11 is 0. The molecule has 1 saturated carbocycles. The second-order valence-corrected chi connectivity index (χ2v) is 6.36. The Morgan fingerprint density at radius 1 is 1.35 bits per heavy atom. The number of carbonyl (C=O) groups excluding carboxylic acids is 1. The number of nitrogens with zero attached hydrogens (tertiary/aromatic N) is 4. The standard InChI is InChI=1S/C15H20N6O2/c1-8-5-11(18-17-8)15(22)21-7-10(23-2)6-12(21)14-16-13(19-20-14)9-3-4-9/h5,9-10,12H,3-4,6-7H2,1-2H3,(H,17,18)(H,16,19,20)/t10-,12+/m1/s1. The largest absolute Gasteiger partial charge is 0.380 e. The number of rotatable bonds is 4. The van der Waals surface area contributed by atoms with Crippen LogP contribution in [0.3, 0.4) is 0 Å². The number of hydrogen-bond acceptors (Lipinski definition) is 5. The van der Waals surface area contributed by atoms with E-state index in [-0.39, 0.29) is 18.1 Å². The molecule has 23 heavy (non-hydrogen) atoms. The zero-order valence-electron chi connectivity index (χ0n) is 13.2. The molecule has 0 aromatic carbocycles. The number of amides is 1. The van der Waals surface area contributed by atoms with Crippen molar-refractivity contribution in [3.05, 3.63) is 29.1 Å². The van der Waals surface area contributed by atoms with Gasteiger partial charge in [-0.15, -0.1) is 0 Å². The Bertz CT molecular complexity index is 719. The van der Waals surface area contributed by atoms with Gasteiger partial charge in [-0.05, 0) is 25.8 Å². The molecule has 2 aliphatic rings. The molecule has 8 heteroatoms. The maximum atomic E-state index is 12.8. The van der Waals surface area contributed by atoms with Crippen LogP contribution >= 0.6 is 0 Å². The molecule has 3 heterocycles. The fourth-order valence-electron chi connectivity index (χ4n) is 3.09. The highest BCUT2D eigenvalue weighted by Crippen LogP contribution is 2.39. The molecule has 2 N–H and O–H groups in total. The summed E-state index contributed by atoms with van der Waals surface area (Å²) in [6.45, 7) is 2.41. The number of nitrogens with one attached hydrogen (secondary N) is 2. The number of aromatic nitrogens is 5. The van der Waals surface area contributed by atoms with E-state index >= 15 is 0 Å². The summed E-state index contributed by atoms with van der Waals surface area (Å²) in [6, 6.07) is 1.61. The Morgan fingerprint density at radius 2 is 2.17 bits per heavy atom. The molecule has 2 aromatic heterocycles. The van der Waals surface area contributed by atoms with Crippen LogP contribution in [0.2, 0.25) is 0 Å². The van der Waals surface area contributed by atoms with Gasteiger partial charge >= 0.3 is 0 Å². The number of aromatic amines is 2. The SMILES string of the molecule is CO[C@@H]1C[C@@H](c2nc(C3CC3)n[nH]2)N(C(=O)c2cc(C)[nH]n2)C1. The summed E-state index contributed by atoms with van der Waals surface area (Å²) in [5, 5.41) is 14.2. The summed E-state index contributed by atoms with van der Waals surface area (Å²) in [6.07, 6.45) is 3.01. The number of H-pyrrole nitrogens is 2. The van der Waals surface area contributed by atoms with Gasteiger partial charge in [-0.1, -0.05) is 0 Å². The lowest BCUT2D eigenvalue weighted by atomic mass is 10.2. The summed E-state index contributed by atoms with van der Waals surface area (Å²) in [7, 11) is 1.67. The lowest BCUT2D eigenvalue weighted by molar-refractivity contribution is 0.0678. The third-order valence-corrected chi connectivity index (χ3v) is 4.56. The van der Waals surface area contributed by atoms with E-state index in [1.54, 1.807) is 18.1 Å². The smallest absolute Gasteiger partial charge is 0.275 e. The Labute approximate surface area is 133 Å². The molecule has 0 radical (unpaired) electrons. The van der Waals surface area contributed by atoms with Crippen LogP contribution in [0, 0.1) is 6.92 Å². The molecule has 1 amide bonds. The second kappa shape index (κ2) is 5.45. The van der Waals surface area contributed by atoms with E-state index in [0.29, 0.717) is 24.6 Å². The molecule has 1 saturated heterocycles. The van der Waals surface area contributed by atoms with Crippen molar-refractivity contribution >= 4 is 5.91 Å². The summed E-state index contributed by atoms with van der Waals surface area (Å²) in [5.41, 5.74) is 1.29. The number of carbonyl (C=O) groups is 1. The third-order valence-electron chi connectivity index (χ3n) is 4.56. The van der Waals surface area contributed by atoms with Crippen molar-refractivity contribution in [2.24, 2.45) is 0 Å². The molecule has 1 aliphatic carbocycles. The van der Waals surface area contributed by atoms with Gasteiger partial charge in [0.1, 0.15) is 11.5 Å². The van der Waals surface area contributed by atoms with Crippen LogP contribution in [-0.2, 0) is 4.74 Å². The molecule has 0 spiro atoms. The van der Waals surface area contributed by atoms with Gasteiger partial charge < -0.3 is 9.64 Å². The van der Waals surface area contributed by atoms with Crippen molar-refractivity contribution in [2.75, 3.05) is 13.7 Å². The third kappa shape index (κ3) is 2.63. The lowest BCUT2D eigenvalue weighted by Gasteiger charge is -2.21. The Balaban J connectivity index is 1.60. The van der Waals surface area contributed by atoms with Crippen LogP contribution < -0.4 is 0 Å². The maximum Gasteiger partial charge on any atom is 0.275 e. The average molecular weight is 316 g/mol. The van der Waals surface area contributed by atoms with Gasteiger partial charge in [-0.2, -0.15) is 10.2 Å². The predicted molar refractivity (Wildman–Crippen MR) is 80.9 cm³/mol. The molecule has 2 aromatic rings. The minimum atomic E-state index is -0.149. The first-order valence-electron chi connectivity index (χ1n) is 7.93. The maximum absolute atomic E-state index is 12.8. The lowest BCUT2D eigenvalue weighted by Crippen LogP contribution is -2.32. The first kappa shape index (κ1) is 14.4. The summed E-state index contributed by atoms with van der Waals surface area (Å²) < 4.78 is 5.47.